The largest absolute Gasteiger partial charge is 0.550 e. The number of carboxylic acid groups (broad SMARTS) is 1. The first-order valence-electron chi connectivity index (χ1n) is 3.09. The second kappa shape index (κ2) is 3.01. The average Bonchev–Trinajstić information content (AvgIpc) is 1.93. The normalized spacial score (nSPS) is 9.45. The first-order chi connectivity index (χ1) is 5.18. The van der Waals surface area contributed by atoms with Crippen molar-refractivity contribution in [3.8, 4) is 0 Å². The summed E-state index contributed by atoms with van der Waals surface area (Å²) in [7, 11) is 0. The third-order valence-corrected chi connectivity index (χ3v) is 1.17. The van der Waals surface area contributed by atoms with Gasteiger partial charge in [0.05, 0.1) is 11.9 Å². The Morgan fingerprint density at radius 3 is 2.82 bits per heavy atom. The van der Waals surface area contributed by atoms with Crippen LogP contribution in [0.25, 0.3) is 0 Å². The summed E-state index contributed by atoms with van der Waals surface area (Å²) < 4.78 is 0. The standard InChI is InChI=1S/C7H8N2O2/c8-5-1-2-6(9-4-5)3-7(10)11/h1-2,4H,3,8H2,(H,10,11)/p-1. The number of nitrogens with two attached hydrogens (primary N) is 1. The Bertz CT molecular complexity index is 256. The van der Waals surface area contributed by atoms with E-state index in [-0.39, 0.29) is 6.42 Å². The van der Waals surface area contributed by atoms with Crippen LogP contribution in [0.1, 0.15) is 5.69 Å². The van der Waals surface area contributed by atoms with Crippen LogP contribution in [0.15, 0.2) is 18.3 Å². The van der Waals surface area contributed by atoms with Gasteiger partial charge in [-0.05, 0) is 12.1 Å². The summed E-state index contributed by atoms with van der Waals surface area (Å²) in [5, 5.41) is 10.1. The summed E-state index contributed by atoms with van der Waals surface area (Å²) >= 11 is 0. The van der Waals surface area contributed by atoms with Crippen LogP contribution in [0, 0.1) is 0 Å². The molecular formula is C7H7N2O2-. The smallest absolute Gasteiger partial charge is 0.0501 e. The fourth-order valence-corrected chi connectivity index (χ4v) is 0.688. The van der Waals surface area contributed by atoms with Gasteiger partial charge in [0.15, 0.2) is 0 Å². The fourth-order valence-electron chi connectivity index (χ4n) is 0.688. The zero-order valence-electron chi connectivity index (χ0n) is 5.78. The number of carbonyl (C=O) groups excluding carboxylic acids is 1. The third-order valence-electron chi connectivity index (χ3n) is 1.17. The molecule has 11 heavy (non-hydrogen) atoms. The quantitative estimate of drug-likeness (QED) is 0.585. The molecule has 1 heterocycles. The Balaban J connectivity index is 2.74. The van der Waals surface area contributed by atoms with Crippen molar-refractivity contribution in [2.45, 2.75) is 6.42 Å². The van der Waals surface area contributed by atoms with Gasteiger partial charge in [0.25, 0.3) is 0 Å². The molecule has 4 nitrogen and oxygen atoms in total. The average molecular weight is 151 g/mol. The molecule has 0 atom stereocenters. The number of hydrogen-bond acceptors (Lipinski definition) is 4. The van der Waals surface area contributed by atoms with Crippen LogP contribution in [0.3, 0.4) is 0 Å². The van der Waals surface area contributed by atoms with Crippen LogP contribution < -0.4 is 10.8 Å². The molecule has 2 N–H and O–H groups in total. The van der Waals surface area contributed by atoms with Gasteiger partial charge >= 0.3 is 0 Å². The van der Waals surface area contributed by atoms with Crippen molar-refractivity contribution in [1.29, 1.82) is 0 Å². The zero-order chi connectivity index (χ0) is 8.27. The lowest BCUT2D eigenvalue weighted by molar-refractivity contribution is -0.304. The van der Waals surface area contributed by atoms with Gasteiger partial charge in [0, 0.05) is 18.1 Å². The Kier molecular flexibility index (Phi) is 2.06. The molecule has 0 bridgehead atoms. The molecule has 1 aromatic rings. The highest BCUT2D eigenvalue weighted by molar-refractivity contribution is 5.67. The van der Waals surface area contributed by atoms with E-state index in [1.165, 1.54) is 6.20 Å². The van der Waals surface area contributed by atoms with E-state index in [0.29, 0.717) is 11.4 Å². The molecule has 0 saturated carbocycles. The van der Waals surface area contributed by atoms with Crippen LogP contribution in [0.5, 0.6) is 0 Å². The van der Waals surface area contributed by atoms with Crippen molar-refractivity contribution in [1.82, 2.24) is 4.98 Å². The molecule has 0 radical (unpaired) electrons. The van der Waals surface area contributed by atoms with E-state index < -0.39 is 5.97 Å². The van der Waals surface area contributed by atoms with E-state index in [9.17, 15) is 9.90 Å². The first-order valence-corrected chi connectivity index (χ1v) is 3.09. The summed E-state index contributed by atoms with van der Waals surface area (Å²) in [5.74, 6) is -1.14. The van der Waals surface area contributed by atoms with Gasteiger partial charge in [-0.25, -0.2) is 0 Å². The molecule has 0 aromatic carbocycles. The maximum atomic E-state index is 10.1. The highest BCUT2D eigenvalue weighted by atomic mass is 16.4. The minimum atomic E-state index is -1.14. The van der Waals surface area contributed by atoms with E-state index in [1.54, 1.807) is 12.1 Å². The van der Waals surface area contributed by atoms with Crippen molar-refractivity contribution >= 4 is 11.7 Å². The maximum absolute atomic E-state index is 10.1. The molecule has 0 saturated heterocycles. The van der Waals surface area contributed by atoms with E-state index in [4.69, 9.17) is 5.73 Å². The number of hydrogen-bond donors (Lipinski definition) is 1. The van der Waals surface area contributed by atoms with Gasteiger partial charge in [0.2, 0.25) is 0 Å². The molecule has 4 heteroatoms. The van der Waals surface area contributed by atoms with Crippen LogP contribution in [-0.4, -0.2) is 11.0 Å². The number of carboxylic acids is 1. The fraction of sp³-hybridized carbons (Fsp3) is 0.143. The number of pyridine rings is 1. The molecule has 0 aliphatic heterocycles. The topological polar surface area (TPSA) is 79.0 Å². The Morgan fingerprint density at radius 2 is 2.36 bits per heavy atom. The molecule has 0 unspecified atom stereocenters. The third kappa shape index (κ3) is 2.25. The molecule has 0 aliphatic rings. The van der Waals surface area contributed by atoms with Crippen molar-refractivity contribution in [3.63, 3.8) is 0 Å². The number of aromatic nitrogens is 1. The predicted molar refractivity (Wildman–Crippen MR) is 37.4 cm³/mol. The monoisotopic (exact) mass is 151 g/mol. The lowest BCUT2D eigenvalue weighted by atomic mass is 10.3. The second-order valence-corrected chi connectivity index (χ2v) is 2.13. The zero-order valence-corrected chi connectivity index (χ0v) is 5.78. The van der Waals surface area contributed by atoms with E-state index in [1.807, 2.05) is 0 Å². The maximum Gasteiger partial charge on any atom is 0.0501 e. The molecule has 0 amide bonds. The van der Waals surface area contributed by atoms with Gasteiger partial charge in [0.1, 0.15) is 0 Å². The summed E-state index contributed by atoms with van der Waals surface area (Å²) in [4.78, 5) is 13.8. The van der Waals surface area contributed by atoms with Crippen molar-refractivity contribution in [2.75, 3.05) is 5.73 Å². The lowest BCUT2D eigenvalue weighted by Crippen LogP contribution is -2.24. The minimum absolute atomic E-state index is 0.166. The number of aliphatic carboxylic acids is 1. The molecule has 0 aliphatic carbocycles. The molecule has 58 valence electrons. The Labute approximate surface area is 63.7 Å². The molecule has 0 fully saturated rings. The Hall–Kier alpha value is -1.58. The molecule has 0 spiro atoms. The van der Waals surface area contributed by atoms with Gasteiger partial charge in [-0.1, -0.05) is 0 Å². The summed E-state index contributed by atoms with van der Waals surface area (Å²) in [6, 6.07) is 3.16. The van der Waals surface area contributed by atoms with Crippen molar-refractivity contribution < 1.29 is 9.90 Å². The van der Waals surface area contributed by atoms with Gasteiger partial charge in [-0.2, -0.15) is 0 Å². The molecule has 1 rings (SSSR count). The van der Waals surface area contributed by atoms with E-state index >= 15 is 0 Å². The first kappa shape index (κ1) is 7.53. The van der Waals surface area contributed by atoms with Crippen LogP contribution >= 0.6 is 0 Å². The highest BCUT2D eigenvalue weighted by Gasteiger charge is 1.93. The molecule has 1 aromatic heterocycles. The minimum Gasteiger partial charge on any atom is -0.550 e. The highest BCUT2D eigenvalue weighted by Crippen LogP contribution is 2.00. The summed E-state index contributed by atoms with van der Waals surface area (Å²) in [6.45, 7) is 0. The van der Waals surface area contributed by atoms with E-state index in [2.05, 4.69) is 4.98 Å². The number of carbonyl (C=O) groups is 1. The van der Waals surface area contributed by atoms with Crippen molar-refractivity contribution in [3.05, 3.63) is 24.0 Å². The molecular weight excluding hydrogens is 144 g/mol. The number of anilines is 1. The Morgan fingerprint density at radius 1 is 1.64 bits per heavy atom. The summed E-state index contributed by atoms with van der Waals surface area (Å²) in [6.07, 6.45) is 1.25. The van der Waals surface area contributed by atoms with Crippen molar-refractivity contribution in [2.24, 2.45) is 0 Å². The number of nitrogen functional groups attached to an aromatic ring is 1. The van der Waals surface area contributed by atoms with Crippen LogP contribution in [0.4, 0.5) is 5.69 Å². The van der Waals surface area contributed by atoms with Gasteiger partial charge < -0.3 is 15.6 Å². The van der Waals surface area contributed by atoms with E-state index in [0.717, 1.165) is 0 Å². The number of nitrogens with zero attached hydrogens (tertiary/aromatic N) is 1. The predicted octanol–water partition coefficient (Wildman–Crippen LogP) is -1.04. The second-order valence-electron chi connectivity index (χ2n) is 2.13. The summed E-state index contributed by atoms with van der Waals surface area (Å²) in [5.41, 5.74) is 6.31. The SMILES string of the molecule is Nc1ccc(CC(=O)[O-])nc1. The number of rotatable bonds is 2. The van der Waals surface area contributed by atoms with Crippen LogP contribution in [-0.2, 0) is 11.2 Å². The van der Waals surface area contributed by atoms with Gasteiger partial charge in [-0.3, -0.25) is 4.98 Å². The van der Waals surface area contributed by atoms with Gasteiger partial charge in [-0.15, -0.1) is 0 Å². The van der Waals surface area contributed by atoms with Crippen LogP contribution in [0.2, 0.25) is 0 Å². The lowest BCUT2D eigenvalue weighted by Gasteiger charge is -2.00.